The average Bonchev–Trinajstić information content (AvgIpc) is 2.97. The minimum Gasteiger partial charge on any atom is -0.345 e. The Morgan fingerprint density at radius 3 is 1.81 bits per heavy atom. The van der Waals surface area contributed by atoms with Gasteiger partial charge >= 0.3 is 8.56 Å². The molecule has 1 heterocycles. The third-order valence-corrected chi connectivity index (χ3v) is 8.77. The quantitative estimate of drug-likeness (QED) is 0.681. The van der Waals surface area contributed by atoms with E-state index in [1.54, 1.807) is 0 Å². The molecule has 0 aliphatic heterocycles. The monoisotopic (exact) mass is 365 g/mol. The fraction of sp³-hybridized carbons (Fsp3) is 0.364. The maximum Gasteiger partial charge on any atom is 0.353 e. The molecule has 3 nitrogen and oxygen atoms in total. The van der Waals surface area contributed by atoms with Gasteiger partial charge in [-0.3, -0.25) is 9.96 Å². The van der Waals surface area contributed by atoms with Crippen molar-refractivity contribution >= 4 is 24.6 Å². The van der Waals surface area contributed by atoms with Crippen molar-refractivity contribution in [3.8, 4) is 0 Å². The Balaban J connectivity index is 2.32. The molecule has 0 aliphatic carbocycles. The van der Waals surface area contributed by atoms with Crippen LogP contribution in [0, 0.1) is 0 Å². The Kier molecular flexibility index (Phi) is 4.86. The Morgan fingerprint density at radius 2 is 1.23 bits per heavy atom. The van der Waals surface area contributed by atoms with Crippen LogP contribution in [0.5, 0.6) is 0 Å². The normalized spacial score (nSPS) is 13.3. The third kappa shape index (κ3) is 3.93. The van der Waals surface area contributed by atoms with Crippen LogP contribution in [0.3, 0.4) is 0 Å². The van der Waals surface area contributed by atoms with Crippen LogP contribution >= 0.6 is 0 Å². The summed E-state index contributed by atoms with van der Waals surface area (Å²) >= 11 is 0. The summed E-state index contributed by atoms with van der Waals surface area (Å²) in [6.45, 7) is 13.5. The van der Waals surface area contributed by atoms with E-state index in [2.05, 4.69) is 123 Å². The van der Waals surface area contributed by atoms with Crippen molar-refractivity contribution in [1.29, 1.82) is 0 Å². The first kappa shape index (κ1) is 18.9. The van der Waals surface area contributed by atoms with Gasteiger partial charge in [0.15, 0.2) is 0 Å². The van der Waals surface area contributed by atoms with Crippen LogP contribution in [0.4, 0.5) is 0 Å². The lowest BCUT2D eigenvalue weighted by molar-refractivity contribution is 0.460. The second-order valence-electron chi connectivity index (χ2n) is 9.07. The topological polar surface area (TPSA) is 29.0 Å². The first-order chi connectivity index (χ1) is 12.1. The van der Waals surface area contributed by atoms with Crippen molar-refractivity contribution < 1.29 is 0 Å². The van der Waals surface area contributed by atoms with Gasteiger partial charge in [0.2, 0.25) is 0 Å². The van der Waals surface area contributed by atoms with Crippen LogP contribution in [0.25, 0.3) is 10.9 Å². The molecule has 2 N–H and O–H groups in total. The first-order valence-electron chi connectivity index (χ1n) is 9.32. The van der Waals surface area contributed by atoms with Gasteiger partial charge < -0.3 is 4.23 Å². The van der Waals surface area contributed by atoms with Crippen LogP contribution in [0.15, 0.2) is 66.9 Å². The van der Waals surface area contributed by atoms with Gasteiger partial charge in [-0.25, -0.2) is 0 Å². The molecule has 0 atom stereocenters. The molecule has 0 radical (unpaired) electrons. The minimum absolute atomic E-state index is 0.0360. The summed E-state index contributed by atoms with van der Waals surface area (Å²) in [5, 5.41) is 2.60. The highest BCUT2D eigenvalue weighted by molar-refractivity contribution is 6.87. The predicted octanol–water partition coefficient (Wildman–Crippen LogP) is 4.11. The number of rotatable bonds is 4. The summed E-state index contributed by atoms with van der Waals surface area (Å²) in [6, 6.07) is 21.7. The van der Waals surface area contributed by atoms with Crippen molar-refractivity contribution in [1.82, 2.24) is 14.2 Å². The summed E-state index contributed by atoms with van der Waals surface area (Å²) in [5.74, 6) is 0. The van der Waals surface area contributed by atoms with Crippen LogP contribution in [-0.2, 0) is 0 Å². The van der Waals surface area contributed by atoms with Gasteiger partial charge in [0.1, 0.15) is 0 Å². The lowest BCUT2D eigenvalue weighted by Crippen LogP contribution is -2.81. The summed E-state index contributed by atoms with van der Waals surface area (Å²) in [5.41, 5.74) is 1.19. The van der Waals surface area contributed by atoms with Gasteiger partial charge in [-0.2, -0.15) is 0 Å². The number of hydrogen-bond acceptors (Lipinski definition) is 2. The summed E-state index contributed by atoms with van der Waals surface area (Å²) < 4.78 is 2.47. The van der Waals surface area contributed by atoms with E-state index in [1.807, 2.05) is 0 Å². The van der Waals surface area contributed by atoms with Crippen molar-refractivity contribution in [3.63, 3.8) is 0 Å². The number of para-hydroxylation sites is 1. The molecular formula is C22H31N3Si. The highest BCUT2D eigenvalue weighted by Gasteiger charge is 2.45. The lowest BCUT2D eigenvalue weighted by atomic mass is 10.1. The lowest BCUT2D eigenvalue weighted by Gasteiger charge is -2.44. The van der Waals surface area contributed by atoms with Crippen molar-refractivity contribution in [3.05, 3.63) is 66.9 Å². The molecule has 0 fully saturated rings. The summed E-state index contributed by atoms with van der Waals surface area (Å²) in [6.07, 6.45) is 2.24. The second kappa shape index (κ2) is 6.69. The molecule has 3 rings (SSSR count). The summed E-state index contributed by atoms with van der Waals surface area (Å²) in [7, 11) is -2.51. The number of benzene rings is 2. The third-order valence-electron chi connectivity index (χ3n) is 4.26. The van der Waals surface area contributed by atoms with E-state index < -0.39 is 8.56 Å². The smallest absolute Gasteiger partial charge is 0.345 e. The second-order valence-corrected chi connectivity index (χ2v) is 12.1. The van der Waals surface area contributed by atoms with E-state index in [0.29, 0.717) is 0 Å². The zero-order valence-corrected chi connectivity index (χ0v) is 17.8. The van der Waals surface area contributed by atoms with Gasteiger partial charge in [0.25, 0.3) is 0 Å². The number of fused-ring (bicyclic) bond motifs is 1. The molecule has 26 heavy (non-hydrogen) atoms. The zero-order chi connectivity index (χ0) is 19.0. The van der Waals surface area contributed by atoms with Gasteiger partial charge in [-0.15, -0.1) is 0 Å². The van der Waals surface area contributed by atoms with Crippen LogP contribution < -0.4 is 15.2 Å². The minimum atomic E-state index is -2.51. The molecular weight excluding hydrogens is 334 g/mol. The van der Waals surface area contributed by atoms with Crippen molar-refractivity contribution in [2.45, 2.75) is 52.6 Å². The molecule has 0 saturated heterocycles. The fourth-order valence-corrected chi connectivity index (χ4v) is 8.15. The molecule has 3 aromatic rings. The molecule has 0 spiro atoms. The molecule has 1 aromatic heterocycles. The van der Waals surface area contributed by atoms with E-state index in [4.69, 9.17) is 0 Å². The molecule has 138 valence electrons. The van der Waals surface area contributed by atoms with E-state index in [9.17, 15) is 0 Å². The molecule has 0 amide bonds. The van der Waals surface area contributed by atoms with E-state index >= 15 is 0 Å². The van der Waals surface area contributed by atoms with Crippen LogP contribution in [-0.4, -0.2) is 23.9 Å². The fourth-order valence-electron chi connectivity index (χ4n) is 3.58. The Morgan fingerprint density at radius 1 is 0.692 bits per heavy atom. The average molecular weight is 366 g/mol. The highest BCUT2D eigenvalue weighted by Crippen LogP contribution is 2.21. The van der Waals surface area contributed by atoms with E-state index in [1.165, 1.54) is 16.1 Å². The number of nitrogens with one attached hydrogen (secondary N) is 2. The van der Waals surface area contributed by atoms with Crippen molar-refractivity contribution in [2.75, 3.05) is 0 Å². The maximum atomic E-state index is 4.03. The molecule has 0 bridgehead atoms. The Hall–Kier alpha value is -1.88. The molecule has 4 heteroatoms. The molecule has 2 aromatic carbocycles. The SMILES string of the molecule is CC(C)(C)N[Si](NC(C)(C)C)(c1ccccc1)n1ccc2ccccc21. The van der Waals surface area contributed by atoms with Crippen LogP contribution in [0.2, 0.25) is 0 Å². The molecule has 0 unspecified atom stereocenters. The first-order valence-corrected chi connectivity index (χ1v) is 11.3. The molecule has 0 aliphatic rings. The predicted molar refractivity (Wildman–Crippen MR) is 115 cm³/mol. The zero-order valence-electron chi connectivity index (χ0n) is 16.8. The van der Waals surface area contributed by atoms with E-state index in [-0.39, 0.29) is 11.1 Å². The Labute approximate surface area is 158 Å². The standard InChI is InChI=1S/C22H31N3Si/c1-21(2,3)23-26(24-22(4,5)6,19-13-8-7-9-14-19)25-17-16-18-12-10-11-15-20(18)25/h7-17,23-24H,1-6H3. The number of aromatic nitrogens is 1. The molecule has 0 saturated carbocycles. The van der Waals surface area contributed by atoms with Gasteiger partial charge in [-0.1, -0.05) is 48.5 Å². The highest BCUT2D eigenvalue weighted by atomic mass is 28.4. The van der Waals surface area contributed by atoms with Gasteiger partial charge in [0, 0.05) is 16.6 Å². The van der Waals surface area contributed by atoms with Crippen LogP contribution in [0.1, 0.15) is 41.5 Å². The van der Waals surface area contributed by atoms with E-state index in [0.717, 1.165) is 0 Å². The summed E-state index contributed by atoms with van der Waals surface area (Å²) in [4.78, 5) is 8.06. The number of hydrogen-bond donors (Lipinski definition) is 2. The van der Waals surface area contributed by atoms with Crippen molar-refractivity contribution in [2.24, 2.45) is 0 Å². The van der Waals surface area contributed by atoms with Gasteiger partial charge in [0.05, 0.1) is 0 Å². The largest absolute Gasteiger partial charge is 0.353 e. The van der Waals surface area contributed by atoms with Gasteiger partial charge in [-0.05, 0) is 70.4 Å². The maximum absolute atomic E-state index is 4.03. The number of nitrogens with zero attached hydrogens (tertiary/aromatic N) is 1. The Bertz CT molecular complexity index is 854.